The molecule has 1 aromatic heterocycles. The van der Waals surface area contributed by atoms with Gasteiger partial charge in [-0.2, -0.15) is 13.9 Å². The van der Waals surface area contributed by atoms with Crippen molar-refractivity contribution in [2.45, 2.75) is 12.2 Å². The van der Waals surface area contributed by atoms with Gasteiger partial charge in [0.1, 0.15) is 22.3 Å². The fourth-order valence-corrected chi connectivity index (χ4v) is 5.85. The SMILES string of the molecule is COC(=O)c1cccc(Oc2cccc(-c3nn(Cc4ccc(C(F)(F)P(=O)(O)O)c(F)c4)/c(=N\c4ccc(Cl)c(Cl)c4)s3)c2)c1. The maximum absolute atomic E-state index is 14.8. The summed E-state index contributed by atoms with van der Waals surface area (Å²) in [6.07, 6.45) is 0. The molecular formula is C30H21Cl2F3N3O6PS. The zero-order valence-corrected chi connectivity index (χ0v) is 26.6. The summed E-state index contributed by atoms with van der Waals surface area (Å²) in [7, 11) is -4.70. The molecule has 0 aliphatic heterocycles. The normalized spacial score (nSPS) is 12.3. The number of hydrogen-bond acceptors (Lipinski definition) is 7. The lowest BCUT2D eigenvalue weighted by Crippen LogP contribution is -2.19. The molecule has 16 heteroatoms. The van der Waals surface area contributed by atoms with Gasteiger partial charge in [0.25, 0.3) is 0 Å². The lowest BCUT2D eigenvalue weighted by molar-refractivity contribution is 0.0527. The van der Waals surface area contributed by atoms with Crippen molar-refractivity contribution in [1.29, 1.82) is 0 Å². The molecule has 46 heavy (non-hydrogen) atoms. The number of aromatic nitrogens is 2. The van der Waals surface area contributed by atoms with Crippen LogP contribution in [0.2, 0.25) is 10.0 Å². The molecule has 0 unspecified atom stereocenters. The summed E-state index contributed by atoms with van der Waals surface area (Å²) in [6, 6.07) is 20.5. The third kappa shape index (κ3) is 7.36. The highest BCUT2D eigenvalue weighted by molar-refractivity contribution is 7.52. The summed E-state index contributed by atoms with van der Waals surface area (Å²) in [4.78, 5) is 34.9. The quantitative estimate of drug-likeness (QED) is 0.117. The molecule has 5 aromatic rings. The number of rotatable bonds is 9. The van der Waals surface area contributed by atoms with E-state index in [1.165, 1.54) is 23.9 Å². The highest BCUT2D eigenvalue weighted by Gasteiger charge is 2.52. The van der Waals surface area contributed by atoms with Gasteiger partial charge in [-0.15, -0.1) is 0 Å². The van der Waals surface area contributed by atoms with Crippen LogP contribution in [0.5, 0.6) is 11.5 Å². The van der Waals surface area contributed by atoms with E-state index in [0.29, 0.717) is 49.2 Å². The van der Waals surface area contributed by atoms with E-state index in [2.05, 4.69) is 10.1 Å². The van der Waals surface area contributed by atoms with Crippen LogP contribution < -0.4 is 9.54 Å². The van der Waals surface area contributed by atoms with Crippen molar-refractivity contribution < 1.29 is 41.8 Å². The van der Waals surface area contributed by atoms with E-state index in [-0.39, 0.29) is 17.1 Å². The van der Waals surface area contributed by atoms with Crippen molar-refractivity contribution in [1.82, 2.24) is 9.78 Å². The molecule has 0 saturated carbocycles. The van der Waals surface area contributed by atoms with Gasteiger partial charge in [-0.05, 0) is 66.2 Å². The van der Waals surface area contributed by atoms with Gasteiger partial charge < -0.3 is 19.3 Å². The summed E-state index contributed by atoms with van der Waals surface area (Å²) < 4.78 is 66.5. The third-order valence-corrected chi connectivity index (χ3v) is 9.08. The fraction of sp³-hybridized carbons (Fsp3) is 0.100. The second-order valence-electron chi connectivity index (χ2n) is 9.61. The van der Waals surface area contributed by atoms with Gasteiger partial charge in [0.05, 0.1) is 40.5 Å². The minimum atomic E-state index is -5.97. The number of carbonyl (C=O) groups excluding carboxylic acids is 1. The van der Waals surface area contributed by atoms with Crippen molar-refractivity contribution in [3.63, 3.8) is 0 Å². The van der Waals surface area contributed by atoms with E-state index in [9.17, 15) is 22.5 Å². The molecule has 0 radical (unpaired) electrons. The number of methoxy groups -OCH3 is 1. The lowest BCUT2D eigenvalue weighted by Gasteiger charge is -2.18. The van der Waals surface area contributed by atoms with E-state index in [4.69, 9.17) is 42.5 Å². The van der Waals surface area contributed by atoms with Crippen LogP contribution in [0.4, 0.5) is 18.9 Å². The van der Waals surface area contributed by atoms with Crippen LogP contribution in [0.25, 0.3) is 10.6 Å². The van der Waals surface area contributed by atoms with E-state index < -0.39 is 30.6 Å². The molecule has 0 amide bonds. The fourth-order valence-electron chi connectivity index (χ4n) is 4.14. The van der Waals surface area contributed by atoms with Crippen LogP contribution in [-0.4, -0.2) is 32.6 Å². The molecule has 2 N–H and O–H groups in total. The van der Waals surface area contributed by atoms with Crippen LogP contribution in [0, 0.1) is 5.82 Å². The highest BCUT2D eigenvalue weighted by atomic mass is 35.5. The van der Waals surface area contributed by atoms with Crippen LogP contribution in [0.1, 0.15) is 21.5 Å². The van der Waals surface area contributed by atoms with Crippen molar-refractivity contribution in [3.8, 4) is 22.1 Å². The molecule has 0 atom stereocenters. The van der Waals surface area contributed by atoms with Gasteiger partial charge >= 0.3 is 19.2 Å². The molecule has 1 heterocycles. The highest BCUT2D eigenvalue weighted by Crippen LogP contribution is 2.59. The number of nitrogens with zero attached hydrogens (tertiary/aromatic N) is 3. The third-order valence-electron chi connectivity index (χ3n) is 6.38. The van der Waals surface area contributed by atoms with Gasteiger partial charge in [0.2, 0.25) is 4.80 Å². The Bertz CT molecular complexity index is 2070. The van der Waals surface area contributed by atoms with E-state index in [1.807, 2.05) is 0 Å². The van der Waals surface area contributed by atoms with Crippen molar-refractivity contribution >= 4 is 53.8 Å². The Labute approximate surface area is 273 Å². The number of hydrogen-bond donors (Lipinski definition) is 2. The van der Waals surface area contributed by atoms with Crippen LogP contribution in [0.15, 0.2) is 89.9 Å². The first kappa shape index (κ1) is 33.4. The Kier molecular flexibility index (Phi) is 9.73. The summed E-state index contributed by atoms with van der Waals surface area (Å²) in [5.41, 5.74) is -4.64. The Morgan fingerprint density at radius 3 is 2.39 bits per heavy atom. The summed E-state index contributed by atoms with van der Waals surface area (Å²) >= 11 is 13.4. The molecule has 4 aromatic carbocycles. The van der Waals surface area contributed by atoms with Crippen LogP contribution in [-0.2, 0) is 21.5 Å². The van der Waals surface area contributed by atoms with Crippen molar-refractivity contribution in [3.05, 3.63) is 122 Å². The Balaban J connectivity index is 1.52. The predicted octanol–water partition coefficient (Wildman–Crippen LogP) is 8.14. The van der Waals surface area contributed by atoms with E-state index in [0.717, 1.165) is 23.5 Å². The molecule has 238 valence electrons. The average Bonchev–Trinajstić information content (AvgIpc) is 3.40. The van der Waals surface area contributed by atoms with Gasteiger partial charge in [0, 0.05) is 5.56 Å². The topological polar surface area (TPSA) is 123 Å². The minimum absolute atomic E-state index is 0.147. The first-order chi connectivity index (χ1) is 21.7. The van der Waals surface area contributed by atoms with Gasteiger partial charge in [-0.25, -0.2) is 18.9 Å². The molecule has 0 fully saturated rings. The molecule has 0 spiro atoms. The molecular weight excluding hydrogens is 689 g/mol. The van der Waals surface area contributed by atoms with Crippen molar-refractivity contribution in [2.75, 3.05) is 7.11 Å². The van der Waals surface area contributed by atoms with Crippen molar-refractivity contribution in [2.24, 2.45) is 4.99 Å². The van der Waals surface area contributed by atoms with E-state index >= 15 is 0 Å². The summed E-state index contributed by atoms with van der Waals surface area (Å²) in [5.74, 6) is -1.20. The maximum Gasteiger partial charge on any atom is 0.399 e. The molecule has 0 aliphatic carbocycles. The van der Waals surface area contributed by atoms with Crippen LogP contribution >= 0.6 is 42.1 Å². The number of halogens is 5. The first-order valence-electron chi connectivity index (χ1n) is 13.0. The molecule has 0 saturated heterocycles. The Morgan fingerprint density at radius 1 is 1.00 bits per heavy atom. The summed E-state index contributed by atoms with van der Waals surface area (Å²) in [5, 5.41) is 5.64. The van der Waals surface area contributed by atoms with Gasteiger partial charge in [-0.3, -0.25) is 4.57 Å². The molecule has 5 rings (SSSR count). The second-order valence-corrected chi connectivity index (χ2v) is 13.0. The number of esters is 1. The Hall–Kier alpha value is -3.97. The number of ether oxygens (including phenoxy) is 2. The zero-order chi connectivity index (χ0) is 33.2. The van der Waals surface area contributed by atoms with Gasteiger partial charge in [-0.1, -0.05) is 58.8 Å². The Morgan fingerprint density at radius 2 is 1.72 bits per heavy atom. The summed E-state index contributed by atoms with van der Waals surface area (Å²) in [6.45, 7) is -0.147. The van der Waals surface area contributed by atoms with Crippen LogP contribution in [0.3, 0.4) is 0 Å². The number of carbonyl (C=O) groups is 1. The maximum atomic E-state index is 14.8. The largest absolute Gasteiger partial charge is 0.465 e. The zero-order valence-electron chi connectivity index (χ0n) is 23.4. The van der Waals surface area contributed by atoms with Gasteiger partial charge in [0.15, 0.2) is 0 Å². The van der Waals surface area contributed by atoms with E-state index in [1.54, 1.807) is 54.6 Å². The monoisotopic (exact) mass is 709 g/mol. The molecule has 0 aliphatic rings. The number of alkyl halides is 2. The standard InChI is InChI=1S/C30H21Cl2F3N3O6PS/c1-43-28(39)19-5-3-7-22(14-19)44-21-6-2-4-18(13-21)27-37-38(29(46-27)36-20-9-11-24(31)25(32)15-20)16-17-8-10-23(26(33)12-17)30(34,35)45(40,41)42/h2-15H,16H2,1H3,(H2,40,41,42)/b36-29+. The average molecular weight is 710 g/mol. The minimum Gasteiger partial charge on any atom is -0.465 e. The molecule has 9 nitrogen and oxygen atoms in total. The lowest BCUT2D eigenvalue weighted by atomic mass is 10.1. The first-order valence-corrected chi connectivity index (χ1v) is 16.2. The second kappa shape index (κ2) is 13.4. The number of benzene rings is 4. The molecule has 0 bridgehead atoms. The predicted molar refractivity (Wildman–Crippen MR) is 167 cm³/mol. The smallest absolute Gasteiger partial charge is 0.399 e.